The number of aromatic nitrogens is 2. The van der Waals surface area contributed by atoms with Crippen molar-refractivity contribution >= 4 is 40.2 Å². The second-order valence-electron chi connectivity index (χ2n) is 8.40. The van der Waals surface area contributed by atoms with E-state index in [-0.39, 0.29) is 6.04 Å². The second-order valence-corrected chi connectivity index (χ2v) is 9.23. The third-order valence-corrected chi connectivity index (χ3v) is 6.39. The molecule has 1 aliphatic heterocycles. The molecule has 0 spiro atoms. The van der Waals surface area contributed by atoms with E-state index in [1.165, 1.54) is 11.1 Å². The fourth-order valence-corrected chi connectivity index (χ4v) is 4.84. The number of hydrogen-bond acceptors (Lipinski definition) is 4. The van der Waals surface area contributed by atoms with E-state index in [0.717, 1.165) is 28.1 Å². The van der Waals surface area contributed by atoms with E-state index in [4.69, 9.17) is 33.3 Å². The van der Waals surface area contributed by atoms with Crippen LogP contribution in [-0.4, -0.2) is 15.3 Å². The van der Waals surface area contributed by atoms with Crippen LogP contribution in [0.25, 0.3) is 17.0 Å². The van der Waals surface area contributed by atoms with Gasteiger partial charge in [-0.1, -0.05) is 53.2 Å². The van der Waals surface area contributed by atoms with Gasteiger partial charge in [0.2, 0.25) is 5.82 Å². The summed E-state index contributed by atoms with van der Waals surface area (Å²) in [5.74, 6) is 0.950. The van der Waals surface area contributed by atoms with Gasteiger partial charge in [0.15, 0.2) is 5.11 Å². The van der Waals surface area contributed by atoms with Crippen LogP contribution in [0.1, 0.15) is 35.5 Å². The van der Waals surface area contributed by atoms with Crippen molar-refractivity contribution in [3.8, 4) is 11.4 Å². The Bertz CT molecular complexity index is 1380. The highest BCUT2D eigenvalue weighted by Gasteiger charge is 2.34. The maximum Gasteiger partial charge on any atom is 0.258 e. The molecule has 0 aliphatic carbocycles. The first-order valence-electron chi connectivity index (χ1n) is 11.0. The predicted octanol–water partition coefficient (Wildman–Crippen LogP) is 6.87. The lowest BCUT2D eigenvalue weighted by atomic mass is 9.94. The van der Waals surface area contributed by atoms with Crippen LogP contribution in [0, 0.1) is 13.8 Å². The highest BCUT2D eigenvalue weighted by atomic mass is 35.5. The summed E-state index contributed by atoms with van der Waals surface area (Å²) in [6.45, 7) is 6.21. The lowest BCUT2D eigenvalue weighted by molar-refractivity contribution is 0.404. The molecule has 0 fully saturated rings. The van der Waals surface area contributed by atoms with Gasteiger partial charge in [0, 0.05) is 22.0 Å². The zero-order chi connectivity index (χ0) is 23.8. The smallest absolute Gasteiger partial charge is 0.258 e. The fraction of sp³-hybridized carbons (Fsp3) is 0.148. The summed E-state index contributed by atoms with van der Waals surface area (Å²) >= 11 is 11.9. The standard InChI is InChI=1S/C27H23ClN4OS/c1-16-13-17(2)15-22(14-16)32-18(3)23(24(29-27(32)34)19-7-5-4-6-8-19)26-30-25(31-33-26)20-9-11-21(28)12-10-20/h4-15,24H,1-3H3,(H,29,34). The summed E-state index contributed by atoms with van der Waals surface area (Å²) < 4.78 is 5.82. The van der Waals surface area contributed by atoms with E-state index < -0.39 is 0 Å². The van der Waals surface area contributed by atoms with Crippen molar-refractivity contribution < 1.29 is 4.52 Å². The Hall–Kier alpha value is -3.48. The molecular weight excluding hydrogens is 464 g/mol. The summed E-state index contributed by atoms with van der Waals surface area (Å²) in [6.07, 6.45) is 0. The summed E-state index contributed by atoms with van der Waals surface area (Å²) in [5, 5.41) is 9.05. The van der Waals surface area contributed by atoms with Crippen LogP contribution in [0.5, 0.6) is 0 Å². The summed E-state index contributed by atoms with van der Waals surface area (Å²) in [7, 11) is 0. The van der Waals surface area contributed by atoms with E-state index in [0.29, 0.717) is 21.9 Å². The summed E-state index contributed by atoms with van der Waals surface area (Å²) in [6, 6.07) is 23.7. The van der Waals surface area contributed by atoms with Crippen LogP contribution in [0.3, 0.4) is 0 Å². The third kappa shape index (κ3) is 4.22. The number of allylic oxidation sites excluding steroid dienone is 1. The number of rotatable bonds is 4. The van der Waals surface area contributed by atoms with Crippen LogP contribution in [0.15, 0.2) is 83.0 Å². The third-order valence-electron chi connectivity index (χ3n) is 5.84. The minimum atomic E-state index is -0.227. The molecule has 0 saturated heterocycles. The maximum atomic E-state index is 6.04. The molecule has 5 rings (SSSR count). The monoisotopic (exact) mass is 486 g/mol. The van der Waals surface area contributed by atoms with Gasteiger partial charge < -0.3 is 9.84 Å². The average Bonchev–Trinajstić information content (AvgIpc) is 3.29. The molecule has 1 atom stereocenters. The first kappa shape index (κ1) is 22.3. The molecule has 0 saturated carbocycles. The first-order valence-corrected chi connectivity index (χ1v) is 11.7. The first-order chi connectivity index (χ1) is 16.4. The quantitative estimate of drug-likeness (QED) is 0.317. The van der Waals surface area contributed by atoms with E-state index >= 15 is 0 Å². The number of aryl methyl sites for hydroxylation is 2. The van der Waals surface area contributed by atoms with E-state index in [2.05, 4.69) is 54.7 Å². The number of benzene rings is 3. The molecule has 7 heteroatoms. The molecule has 1 N–H and O–H groups in total. The van der Waals surface area contributed by atoms with Crippen LogP contribution < -0.4 is 10.2 Å². The Kier molecular flexibility index (Phi) is 5.94. The zero-order valence-corrected chi connectivity index (χ0v) is 20.6. The van der Waals surface area contributed by atoms with E-state index in [1.807, 2.05) is 54.3 Å². The Balaban J connectivity index is 1.66. The highest BCUT2D eigenvalue weighted by Crippen LogP contribution is 2.39. The van der Waals surface area contributed by atoms with Crippen molar-refractivity contribution in [3.63, 3.8) is 0 Å². The maximum absolute atomic E-state index is 6.04. The minimum Gasteiger partial charge on any atom is -0.351 e. The number of nitrogens with one attached hydrogen (secondary N) is 1. The Morgan fingerprint density at radius 2 is 1.62 bits per heavy atom. The average molecular weight is 487 g/mol. The predicted molar refractivity (Wildman–Crippen MR) is 141 cm³/mol. The van der Waals surface area contributed by atoms with Gasteiger partial charge in [-0.3, -0.25) is 4.90 Å². The van der Waals surface area contributed by atoms with Gasteiger partial charge in [-0.05, 0) is 86.1 Å². The van der Waals surface area contributed by atoms with E-state index in [9.17, 15) is 0 Å². The highest BCUT2D eigenvalue weighted by molar-refractivity contribution is 7.80. The van der Waals surface area contributed by atoms with Gasteiger partial charge >= 0.3 is 0 Å². The largest absolute Gasteiger partial charge is 0.351 e. The number of anilines is 1. The molecule has 1 unspecified atom stereocenters. The van der Waals surface area contributed by atoms with Crippen molar-refractivity contribution in [2.45, 2.75) is 26.8 Å². The number of nitrogens with zero attached hydrogens (tertiary/aromatic N) is 3. The lowest BCUT2D eigenvalue weighted by Gasteiger charge is -2.37. The van der Waals surface area contributed by atoms with Gasteiger partial charge in [-0.2, -0.15) is 4.98 Å². The van der Waals surface area contributed by atoms with Crippen LogP contribution >= 0.6 is 23.8 Å². The molecule has 170 valence electrons. The number of thiocarbonyl (C=S) groups is 1. The number of halogens is 1. The van der Waals surface area contributed by atoms with Crippen molar-refractivity contribution in [3.05, 3.63) is 106 Å². The molecule has 0 radical (unpaired) electrons. The van der Waals surface area contributed by atoms with Gasteiger partial charge in [0.05, 0.1) is 11.6 Å². The number of hydrogen-bond donors (Lipinski definition) is 1. The molecule has 1 aliphatic rings. The Labute approximate surface area is 209 Å². The molecule has 1 aromatic heterocycles. The van der Waals surface area contributed by atoms with Crippen molar-refractivity contribution in [2.75, 3.05) is 4.90 Å². The normalized spacial score (nSPS) is 16.1. The Morgan fingerprint density at radius 3 is 2.29 bits per heavy atom. The molecular formula is C27H23ClN4OS. The minimum absolute atomic E-state index is 0.227. The van der Waals surface area contributed by atoms with Gasteiger partial charge in [0.1, 0.15) is 0 Å². The summed E-state index contributed by atoms with van der Waals surface area (Å²) in [5.41, 5.74) is 7.04. The van der Waals surface area contributed by atoms with Crippen molar-refractivity contribution in [1.29, 1.82) is 0 Å². The van der Waals surface area contributed by atoms with Gasteiger partial charge in [-0.15, -0.1) is 0 Å². The van der Waals surface area contributed by atoms with Crippen molar-refractivity contribution in [2.24, 2.45) is 0 Å². The van der Waals surface area contributed by atoms with Crippen LogP contribution in [0.2, 0.25) is 5.02 Å². The molecule has 5 nitrogen and oxygen atoms in total. The van der Waals surface area contributed by atoms with Crippen molar-refractivity contribution in [1.82, 2.24) is 15.5 Å². The van der Waals surface area contributed by atoms with Gasteiger partial charge in [0.25, 0.3) is 5.89 Å². The lowest BCUT2D eigenvalue weighted by Crippen LogP contribution is -2.46. The molecule has 0 bridgehead atoms. The zero-order valence-electron chi connectivity index (χ0n) is 19.0. The Morgan fingerprint density at radius 1 is 0.941 bits per heavy atom. The molecule has 4 aromatic rings. The van der Waals surface area contributed by atoms with E-state index in [1.54, 1.807) is 0 Å². The van der Waals surface area contributed by atoms with Crippen LogP contribution in [0.4, 0.5) is 5.69 Å². The molecule has 3 aromatic carbocycles. The molecule has 34 heavy (non-hydrogen) atoms. The SMILES string of the molecule is CC1=C(c2nc(-c3ccc(Cl)cc3)no2)C(c2ccccc2)NC(=S)N1c1cc(C)cc(C)c1. The molecule has 0 amide bonds. The van der Waals surface area contributed by atoms with Crippen LogP contribution in [-0.2, 0) is 0 Å². The van der Waals surface area contributed by atoms with Gasteiger partial charge in [-0.25, -0.2) is 0 Å². The fourth-order valence-electron chi connectivity index (χ4n) is 4.36. The summed E-state index contributed by atoms with van der Waals surface area (Å²) in [4.78, 5) is 6.80. The topological polar surface area (TPSA) is 54.2 Å². The molecule has 2 heterocycles. The second kappa shape index (κ2) is 9.05.